The first-order chi connectivity index (χ1) is 17.0. The average molecular weight is 493 g/mol. The van der Waals surface area contributed by atoms with Crippen LogP contribution in [0.25, 0.3) is 10.8 Å². The topological polar surface area (TPSA) is 66.9 Å². The third-order valence-corrected chi connectivity index (χ3v) is 9.17. The number of hydrogen-bond donors (Lipinski definition) is 0. The monoisotopic (exact) mass is 492 g/mol. The van der Waals surface area contributed by atoms with Crippen molar-refractivity contribution in [2.75, 3.05) is 26.2 Å². The molecule has 0 aliphatic carbocycles. The van der Waals surface area contributed by atoms with Gasteiger partial charge in [0.1, 0.15) is 5.75 Å². The molecule has 0 saturated carbocycles. The van der Waals surface area contributed by atoms with Crippen molar-refractivity contribution in [1.82, 2.24) is 9.21 Å². The van der Waals surface area contributed by atoms with Crippen LogP contribution in [0.2, 0.25) is 0 Å². The minimum absolute atomic E-state index is 0.0811. The summed E-state index contributed by atoms with van der Waals surface area (Å²) in [6.07, 6.45) is 3.05. The standard InChI is InChI=1S/C28H32N2O4S/c1-2-34-25-12-9-22(10-13-25)27-8-5-17-30(27)28(31)23-15-18-29(19-16-23)35(32,33)26-14-11-21-6-3-4-7-24(21)20-26/h3-4,6-7,9-14,20,23,27H,2,5,8,15-19H2,1H3/t27-/m0/s1. The van der Waals surface area contributed by atoms with Crippen molar-refractivity contribution in [3.63, 3.8) is 0 Å². The first-order valence-corrected chi connectivity index (χ1v) is 13.9. The van der Waals surface area contributed by atoms with Crippen molar-refractivity contribution in [3.05, 3.63) is 72.3 Å². The van der Waals surface area contributed by atoms with Crippen LogP contribution in [0, 0.1) is 5.92 Å². The number of carbonyl (C=O) groups is 1. The van der Waals surface area contributed by atoms with E-state index in [1.165, 1.54) is 4.31 Å². The minimum atomic E-state index is -3.59. The van der Waals surface area contributed by atoms with Gasteiger partial charge >= 0.3 is 0 Å². The van der Waals surface area contributed by atoms with Crippen molar-refractivity contribution in [3.8, 4) is 5.75 Å². The van der Waals surface area contributed by atoms with E-state index < -0.39 is 10.0 Å². The van der Waals surface area contributed by atoms with Crippen LogP contribution in [-0.4, -0.2) is 49.8 Å². The Hall–Kier alpha value is -2.90. The van der Waals surface area contributed by atoms with Crippen LogP contribution >= 0.6 is 0 Å². The van der Waals surface area contributed by atoms with E-state index >= 15 is 0 Å². The quantitative estimate of drug-likeness (QED) is 0.486. The summed E-state index contributed by atoms with van der Waals surface area (Å²) in [7, 11) is -3.59. The highest BCUT2D eigenvalue weighted by Gasteiger charge is 2.37. The van der Waals surface area contributed by atoms with Crippen molar-refractivity contribution >= 4 is 26.7 Å². The second-order valence-corrected chi connectivity index (χ2v) is 11.3. The summed E-state index contributed by atoms with van der Waals surface area (Å²) >= 11 is 0. The molecule has 2 saturated heterocycles. The van der Waals surface area contributed by atoms with E-state index in [9.17, 15) is 13.2 Å². The summed E-state index contributed by atoms with van der Waals surface area (Å²) in [4.78, 5) is 15.8. The Morgan fingerprint density at radius 3 is 2.34 bits per heavy atom. The number of carbonyl (C=O) groups excluding carboxylic acids is 1. The Bertz CT molecular complexity index is 1300. The highest BCUT2D eigenvalue weighted by atomic mass is 32.2. The van der Waals surface area contributed by atoms with Crippen LogP contribution in [0.5, 0.6) is 5.75 Å². The van der Waals surface area contributed by atoms with Crippen LogP contribution < -0.4 is 4.74 Å². The number of ether oxygens (including phenoxy) is 1. The van der Waals surface area contributed by atoms with E-state index in [-0.39, 0.29) is 17.9 Å². The molecule has 3 aromatic carbocycles. The van der Waals surface area contributed by atoms with Gasteiger partial charge in [-0.25, -0.2) is 8.42 Å². The number of piperidine rings is 1. The van der Waals surface area contributed by atoms with E-state index in [0.717, 1.165) is 41.5 Å². The van der Waals surface area contributed by atoms with Crippen LogP contribution in [0.4, 0.5) is 0 Å². The molecule has 0 radical (unpaired) electrons. The fourth-order valence-electron chi connectivity index (χ4n) is 5.38. The summed E-state index contributed by atoms with van der Waals surface area (Å²) < 4.78 is 33.7. The molecule has 0 aromatic heterocycles. The smallest absolute Gasteiger partial charge is 0.243 e. The van der Waals surface area contributed by atoms with Crippen LogP contribution in [0.3, 0.4) is 0 Å². The molecule has 2 aliphatic rings. The first-order valence-electron chi connectivity index (χ1n) is 12.5. The maximum atomic E-state index is 13.5. The molecule has 35 heavy (non-hydrogen) atoms. The number of hydrogen-bond acceptors (Lipinski definition) is 4. The summed E-state index contributed by atoms with van der Waals surface area (Å²) in [5.41, 5.74) is 1.13. The molecule has 184 valence electrons. The van der Waals surface area contributed by atoms with E-state index in [2.05, 4.69) is 12.1 Å². The van der Waals surface area contributed by atoms with Gasteiger partial charge in [0.25, 0.3) is 0 Å². The number of sulfonamides is 1. The molecule has 0 N–H and O–H groups in total. The van der Waals surface area contributed by atoms with Gasteiger partial charge in [-0.05, 0) is 73.2 Å². The van der Waals surface area contributed by atoms with E-state index in [4.69, 9.17) is 4.74 Å². The highest BCUT2D eigenvalue weighted by molar-refractivity contribution is 7.89. The molecule has 7 heteroatoms. The molecule has 0 bridgehead atoms. The third kappa shape index (κ3) is 4.80. The second-order valence-electron chi connectivity index (χ2n) is 9.38. The lowest BCUT2D eigenvalue weighted by Gasteiger charge is -2.34. The van der Waals surface area contributed by atoms with Crippen molar-refractivity contribution in [2.24, 2.45) is 5.92 Å². The molecule has 0 spiro atoms. The first kappa shape index (κ1) is 23.8. The predicted molar refractivity (Wildman–Crippen MR) is 137 cm³/mol. The predicted octanol–water partition coefficient (Wildman–Crippen LogP) is 5.00. The largest absolute Gasteiger partial charge is 0.494 e. The SMILES string of the molecule is CCOc1ccc([C@@H]2CCCN2C(=O)C2CCN(S(=O)(=O)c3ccc4ccccc4c3)CC2)cc1. The summed E-state index contributed by atoms with van der Waals surface area (Å²) in [5, 5.41) is 1.93. The number of fused-ring (bicyclic) bond motifs is 1. The number of amides is 1. The molecular formula is C28H32N2O4S. The molecule has 0 unspecified atom stereocenters. The zero-order valence-electron chi connectivity index (χ0n) is 20.1. The number of nitrogens with zero attached hydrogens (tertiary/aromatic N) is 2. The Morgan fingerprint density at radius 2 is 1.63 bits per heavy atom. The van der Waals surface area contributed by atoms with Crippen molar-refractivity contribution in [2.45, 2.75) is 43.5 Å². The summed E-state index contributed by atoms with van der Waals surface area (Å²) in [5.74, 6) is 0.859. The molecule has 5 rings (SSSR count). The lowest BCUT2D eigenvalue weighted by molar-refractivity contribution is -0.137. The third-order valence-electron chi connectivity index (χ3n) is 7.27. The fraction of sp³-hybridized carbons (Fsp3) is 0.393. The van der Waals surface area contributed by atoms with Gasteiger partial charge in [-0.2, -0.15) is 4.31 Å². The Labute approximate surface area is 207 Å². The van der Waals surface area contributed by atoms with Crippen LogP contribution in [0.15, 0.2) is 71.6 Å². The van der Waals surface area contributed by atoms with E-state index in [1.807, 2.05) is 54.3 Å². The molecule has 1 amide bonds. The van der Waals surface area contributed by atoms with Gasteiger partial charge in [0, 0.05) is 25.6 Å². The van der Waals surface area contributed by atoms with Gasteiger partial charge < -0.3 is 9.64 Å². The van der Waals surface area contributed by atoms with Gasteiger partial charge in [-0.15, -0.1) is 0 Å². The van der Waals surface area contributed by atoms with Gasteiger partial charge in [-0.1, -0.05) is 42.5 Å². The normalized spacial score (nSPS) is 19.8. The minimum Gasteiger partial charge on any atom is -0.494 e. The molecule has 2 aliphatic heterocycles. The molecule has 1 atom stereocenters. The molecule has 2 heterocycles. The highest BCUT2D eigenvalue weighted by Crippen LogP contribution is 2.36. The van der Waals surface area contributed by atoms with E-state index in [0.29, 0.717) is 37.4 Å². The van der Waals surface area contributed by atoms with Crippen LogP contribution in [0.1, 0.15) is 44.2 Å². The molecule has 3 aromatic rings. The van der Waals surface area contributed by atoms with Gasteiger partial charge in [0.05, 0.1) is 17.5 Å². The average Bonchev–Trinajstić information content (AvgIpc) is 3.39. The van der Waals surface area contributed by atoms with E-state index in [1.54, 1.807) is 12.1 Å². The second kappa shape index (κ2) is 9.99. The maximum absolute atomic E-state index is 13.5. The fourth-order valence-corrected chi connectivity index (χ4v) is 6.89. The lowest BCUT2D eigenvalue weighted by Crippen LogP contribution is -2.44. The summed E-state index contributed by atoms with van der Waals surface area (Å²) in [6.45, 7) is 4.08. The lowest BCUT2D eigenvalue weighted by atomic mass is 9.95. The summed E-state index contributed by atoms with van der Waals surface area (Å²) in [6, 6.07) is 21.2. The van der Waals surface area contributed by atoms with Gasteiger partial charge in [-0.3, -0.25) is 4.79 Å². The Morgan fingerprint density at radius 1 is 0.914 bits per heavy atom. The molecular weight excluding hydrogens is 460 g/mol. The van der Waals surface area contributed by atoms with Crippen molar-refractivity contribution in [1.29, 1.82) is 0 Å². The zero-order chi connectivity index (χ0) is 24.4. The number of benzene rings is 3. The van der Waals surface area contributed by atoms with Crippen LogP contribution in [-0.2, 0) is 14.8 Å². The molecule has 2 fully saturated rings. The van der Waals surface area contributed by atoms with Gasteiger partial charge in [0.2, 0.25) is 15.9 Å². The Balaban J connectivity index is 1.24. The van der Waals surface area contributed by atoms with Gasteiger partial charge in [0.15, 0.2) is 0 Å². The number of rotatable bonds is 6. The number of likely N-dealkylation sites (tertiary alicyclic amines) is 1. The maximum Gasteiger partial charge on any atom is 0.243 e. The zero-order valence-corrected chi connectivity index (χ0v) is 20.9. The van der Waals surface area contributed by atoms with Crippen molar-refractivity contribution < 1.29 is 17.9 Å². The Kier molecular flexibility index (Phi) is 6.80. The molecule has 6 nitrogen and oxygen atoms in total.